The van der Waals surface area contributed by atoms with Gasteiger partial charge in [-0.15, -0.1) is 0 Å². The number of aryl methyl sites for hydroxylation is 2. The Labute approximate surface area is 139 Å². The SMILES string of the molecule is Cc1nc(Oc2ccc(-c3ccccc3)cc2)c2cnn(C)c2n1. The average molecular weight is 316 g/mol. The highest BCUT2D eigenvalue weighted by atomic mass is 16.5. The highest BCUT2D eigenvalue weighted by molar-refractivity contribution is 5.80. The molecule has 0 amide bonds. The largest absolute Gasteiger partial charge is 0.438 e. The van der Waals surface area contributed by atoms with E-state index in [0.717, 1.165) is 22.3 Å². The molecule has 0 spiro atoms. The number of aromatic nitrogens is 4. The van der Waals surface area contributed by atoms with Crippen molar-refractivity contribution in [2.24, 2.45) is 7.05 Å². The molecule has 4 aromatic rings. The monoisotopic (exact) mass is 316 g/mol. The number of fused-ring (bicyclic) bond motifs is 1. The normalized spacial score (nSPS) is 10.9. The highest BCUT2D eigenvalue weighted by Gasteiger charge is 2.12. The van der Waals surface area contributed by atoms with Gasteiger partial charge in [0.05, 0.1) is 6.20 Å². The Morgan fingerprint density at radius 2 is 1.58 bits per heavy atom. The van der Waals surface area contributed by atoms with Gasteiger partial charge in [0, 0.05) is 7.05 Å². The van der Waals surface area contributed by atoms with E-state index < -0.39 is 0 Å². The van der Waals surface area contributed by atoms with Crippen LogP contribution in [-0.2, 0) is 7.05 Å². The summed E-state index contributed by atoms with van der Waals surface area (Å²) >= 11 is 0. The number of hydrogen-bond acceptors (Lipinski definition) is 4. The highest BCUT2D eigenvalue weighted by Crippen LogP contribution is 2.28. The first-order valence-electron chi connectivity index (χ1n) is 7.70. The summed E-state index contributed by atoms with van der Waals surface area (Å²) in [4.78, 5) is 8.80. The molecular weight excluding hydrogens is 300 g/mol. The molecule has 0 saturated heterocycles. The smallest absolute Gasteiger partial charge is 0.233 e. The van der Waals surface area contributed by atoms with Gasteiger partial charge in [-0.25, -0.2) is 4.98 Å². The standard InChI is InChI=1S/C19H16N4O/c1-13-21-18-17(12-20-23(18)2)19(22-13)24-16-10-8-15(9-11-16)14-6-4-3-5-7-14/h3-12H,1-2H3. The Morgan fingerprint density at radius 1 is 0.875 bits per heavy atom. The summed E-state index contributed by atoms with van der Waals surface area (Å²) in [6, 6.07) is 18.2. The predicted molar refractivity (Wildman–Crippen MR) is 93.0 cm³/mol. The third-order valence-electron chi connectivity index (χ3n) is 3.84. The van der Waals surface area contributed by atoms with Crippen LogP contribution in [0.15, 0.2) is 60.8 Å². The van der Waals surface area contributed by atoms with Crippen LogP contribution in [0.4, 0.5) is 0 Å². The molecule has 0 aliphatic heterocycles. The van der Waals surface area contributed by atoms with E-state index in [1.165, 1.54) is 5.56 Å². The van der Waals surface area contributed by atoms with E-state index >= 15 is 0 Å². The van der Waals surface area contributed by atoms with Gasteiger partial charge in [0.15, 0.2) is 5.65 Å². The van der Waals surface area contributed by atoms with Crippen molar-refractivity contribution in [3.8, 4) is 22.8 Å². The number of nitrogens with zero attached hydrogens (tertiary/aromatic N) is 4. The van der Waals surface area contributed by atoms with Crippen LogP contribution in [0, 0.1) is 6.92 Å². The minimum absolute atomic E-state index is 0.526. The summed E-state index contributed by atoms with van der Waals surface area (Å²) in [5.74, 6) is 1.91. The van der Waals surface area contributed by atoms with Gasteiger partial charge in [0.2, 0.25) is 5.88 Å². The van der Waals surface area contributed by atoms with Crippen LogP contribution in [-0.4, -0.2) is 19.7 Å². The second-order valence-electron chi connectivity index (χ2n) is 5.57. The van der Waals surface area contributed by atoms with Gasteiger partial charge in [-0.05, 0) is 30.2 Å². The summed E-state index contributed by atoms with van der Waals surface area (Å²) in [5.41, 5.74) is 3.09. The molecule has 2 heterocycles. The zero-order chi connectivity index (χ0) is 16.5. The number of rotatable bonds is 3. The Kier molecular flexibility index (Phi) is 3.46. The van der Waals surface area contributed by atoms with Crippen LogP contribution < -0.4 is 4.74 Å². The second-order valence-corrected chi connectivity index (χ2v) is 5.57. The third kappa shape index (κ3) is 2.60. The first-order chi connectivity index (χ1) is 11.7. The van der Waals surface area contributed by atoms with Crippen molar-refractivity contribution in [2.45, 2.75) is 6.92 Å². The van der Waals surface area contributed by atoms with Crippen LogP contribution in [0.2, 0.25) is 0 Å². The lowest BCUT2D eigenvalue weighted by Crippen LogP contribution is -1.97. The molecule has 0 aliphatic rings. The van der Waals surface area contributed by atoms with Gasteiger partial charge in [-0.1, -0.05) is 42.5 Å². The maximum Gasteiger partial charge on any atom is 0.233 e. The van der Waals surface area contributed by atoms with Crippen LogP contribution >= 0.6 is 0 Å². The van der Waals surface area contributed by atoms with Crippen LogP contribution in [0.3, 0.4) is 0 Å². The van der Waals surface area contributed by atoms with Crippen LogP contribution in [0.25, 0.3) is 22.2 Å². The van der Waals surface area contributed by atoms with Gasteiger partial charge in [-0.2, -0.15) is 10.1 Å². The Morgan fingerprint density at radius 3 is 2.33 bits per heavy atom. The van der Waals surface area contributed by atoms with E-state index in [4.69, 9.17) is 4.74 Å². The molecule has 4 rings (SSSR count). The van der Waals surface area contributed by atoms with Crippen molar-refractivity contribution in [2.75, 3.05) is 0 Å². The van der Waals surface area contributed by atoms with Gasteiger partial charge in [-0.3, -0.25) is 4.68 Å². The molecule has 2 aromatic heterocycles. The summed E-state index contributed by atoms with van der Waals surface area (Å²) in [6.07, 6.45) is 1.72. The first-order valence-corrected chi connectivity index (χ1v) is 7.70. The van der Waals surface area contributed by atoms with Gasteiger partial charge < -0.3 is 4.74 Å². The van der Waals surface area contributed by atoms with Crippen molar-refractivity contribution < 1.29 is 4.74 Å². The maximum absolute atomic E-state index is 5.97. The Bertz CT molecular complexity index is 991. The summed E-state index contributed by atoms with van der Waals surface area (Å²) in [5, 5.41) is 5.03. The molecule has 0 saturated carbocycles. The molecule has 24 heavy (non-hydrogen) atoms. The molecule has 0 atom stereocenters. The number of benzene rings is 2. The molecule has 0 N–H and O–H groups in total. The molecule has 118 valence electrons. The molecule has 5 heteroatoms. The van der Waals surface area contributed by atoms with Crippen molar-refractivity contribution in [3.63, 3.8) is 0 Å². The number of hydrogen-bond donors (Lipinski definition) is 0. The lowest BCUT2D eigenvalue weighted by molar-refractivity contribution is 0.466. The molecular formula is C19H16N4O. The Balaban J connectivity index is 1.67. The minimum Gasteiger partial charge on any atom is -0.438 e. The molecule has 0 aliphatic carbocycles. The lowest BCUT2D eigenvalue weighted by Gasteiger charge is -2.08. The van der Waals surface area contributed by atoms with Gasteiger partial charge in [0.25, 0.3) is 0 Å². The summed E-state index contributed by atoms with van der Waals surface area (Å²) in [6.45, 7) is 1.85. The van der Waals surface area contributed by atoms with E-state index in [0.29, 0.717) is 11.7 Å². The van der Waals surface area contributed by atoms with E-state index in [1.54, 1.807) is 10.9 Å². The van der Waals surface area contributed by atoms with Crippen LogP contribution in [0.5, 0.6) is 11.6 Å². The fourth-order valence-corrected chi connectivity index (χ4v) is 2.64. The van der Waals surface area contributed by atoms with E-state index in [2.05, 4.69) is 27.2 Å². The van der Waals surface area contributed by atoms with Crippen molar-refractivity contribution in [1.82, 2.24) is 19.7 Å². The average Bonchev–Trinajstić information content (AvgIpc) is 2.98. The van der Waals surface area contributed by atoms with Gasteiger partial charge in [0.1, 0.15) is 17.0 Å². The van der Waals surface area contributed by atoms with E-state index in [-0.39, 0.29) is 0 Å². The summed E-state index contributed by atoms with van der Waals surface area (Å²) in [7, 11) is 1.85. The molecule has 0 fully saturated rings. The lowest BCUT2D eigenvalue weighted by atomic mass is 10.1. The zero-order valence-corrected chi connectivity index (χ0v) is 13.5. The fraction of sp³-hybridized carbons (Fsp3) is 0.105. The molecule has 0 unspecified atom stereocenters. The topological polar surface area (TPSA) is 52.8 Å². The quantitative estimate of drug-likeness (QED) is 0.570. The molecule has 0 radical (unpaired) electrons. The molecule has 0 bridgehead atoms. The fourth-order valence-electron chi connectivity index (χ4n) is 2.64. The molecule has 5 nitrogen and oxygen atoms in total. The number of ether oxygens (including phenoxy) is 1. The third-order valence-corrected chi connectivity index (χ3v) is 3.84. The summed E-state index contributed by atoms with van der Waals surface area (Å²) < 4.78 is 7.69. The van der Waals surface area contributed by atoms with E-state index in [1.807, 2.05) is 56.4 Å². The minimum atomic E-state index is 0.526. The predicted octanol–water partition coefficient (Wildman–Crippen LogP) is 4.13. The zero-order valence-electron chi connectivity index (χ0n) is 13.5. The maximum atomic E-state index is 5.97. The first kappa shape index (κ1) is 14.4. The van der Waals surface area contributed by atoms with Crippen molar-refractivity contribution in [3.05, 3.63) is 66.6 Å². The van der Waals surface area contributed by atoms with Crippen molar-refractivity contribution >= 4 is 11.0 Å². The molecule has 2 aromatic carbocycles. The Hall–Kier alpha value is -3.21. The second kappa shape index (κ2) is 5.77. The van der Waals surface area contributed by atoms with E-state index in [9.17, 15) is 0 Å². The van der Waals surface area contributed by atoms with Crippen molar-refractivity contribution in [1.29, 1.82) is 0 Å². The van der Waals surface area contributed by atoms with Gasteiger partial charge >= 0.3 is 0 Å². The van der Waals surface area contributed by atoms with Crippen LogP contribution in [0.1, 0.15) is 5.82 Å².